The number of rotatable bonds is 5. The third kappa shape index (κ3) is 4.73. The molecule has 2 aromatic heterocycles. The summed E-state index contributed by atoms with van der Waals surface area (Å²) < 4.78 is 17.3. The molecule has 4 aromatic rings. The van der Waals surface area contributed by atoms with Gasteiger partial charge in [0.25, 0.3) is 11.1 Å². The second-order valence-corrected chi connectivity index (χ2v) is 7.95. The molecule has 7 nitrogen and oxygen atoms in total. The van der Waals surface area contributed by atoms with Crippen LogP contribution in [0.25, 0.3) is 22.2 Å². The zero-order valence-corrected chi connectivity index (χ0v) is 20.6. The van der Waals surface area contributed by atoms with Gasteiger partial charge in [-0.3, -0.25) is 9.59 Å². The second kappa shape index (κ2) is 10.4. The fourth-order valence-corrected chi connectivity index (χ4v) is 3.90. The number of hydrogen-bond donors (Lipinski definition) is 2. The third-order valence-electron chi connectivity index (χ3n) is 5.56. The van der Waals surface area contributed by atoms with Gasteiger partial charge in [-0.05, 0) is 43.7 Å². The molecule has 35 heavy (non-hydrogen) atoms. The number of anilines is 3. The highest BCUT2D eigenvalue weighted by molar-refractivity contribution is 6.00. The number of nitrogen functional groups attached to an aromatic ring is 1. The Morgan fingerprint density at radius 2 is 1.83 bits per heavy atom. The van der Waals surface area contributed by atoms with Crippen LogP contribution in [-0.2, 0) is 13.6 Å². The van der Waals surface area contributed by atoms with Crippen LogP contribution in [0.5, 0.6) is 0 Å². The van der Waals surface area contributed by atoms with Crippen molar-refractivity contribution in [3.63, 3.8) is 0 Å². The summed E-state index contributed by atoms with van der Waals surface area (Å²) in [6, 6.07) is 11.8. The summed E-state index contributed by atoms with van der Waals surface area (Å²) in [7, 11) is 1.59. The van der Waals surface area contributed by atoms with Crippen LogP contribution >= 0.6 is 0 Å². The molecule has 2 heterocycles. The predicted molar refractivity (Wildman–Crippen MR) is 142 cm³/mol. The van der Waals surface area contributed by atoms with Crippen molar-refractivity contribution in [3.8, 4) is 11.3 Å². The van der Waals surface area contributed by atoms with E-state index < -0.39 is 11.4 Å². The Morgan fingerprint density at radius 1 is 1.11 bits per heavy atom. The molecule has 4 rings (SSSR count). The summed E-state index contributed by atoms with van der Waals surface area (Å²) in [5.74, 6) is -0.486. The Hall–Kier alpha value is -4.20. The van der Waals surface area contributed by atoms with Gasteiger partial charge in [-0.2, -0.15) is 5.10 Å². The van der Waals surface area contributed by atoms with E-state index in [4.69, 9.17) is 5.73 Å². The SMILES string of the molecule is C=CCn1nc(-c2cccc(N)c2)c2c(c(Nc3ccc(C)cc3F)c(C)c(=O)n2C)c1=O.CC. The van der Waals surface area contributed by atoms with Crippen molar-refractivity contribution in [3.05, 3.63) is 92.8 Å². The average Bonchev–Trinajstić information content (AvgIpc) is 2.84. The molecule has 8 heteroatoms. The van der Waals surface area contributed by atoms with Crippen LogP contribution in [0, 0.1) is 19.7 Å². The van der Waals surface area contributed by atoms with E-state index in [1.54, 1.807) is 63.4 Å². The lowest BCUT2D eigenvalue weighted by Crippen LogP contribution is -2.30. The quantitative estimate of drug-likeness (QED) is 0.311. The highest BCUT2D eigenvalue weighted by atomic mass is 19.1. The van der Waals surface area contributed by atoms with Crippen LogP contribution in [0.2, 0.25) is 0 Å². The molecule has 0 saturated heterocycles. The fourth-order valence-electron chi connectivity index (χ4n) is 3.90. The molecule has 3 N–H and O–H groups in total. The minimum Gasteiger partial charge on any atom is -0.399 e. The molecule has 0 unspecified atom stereocenters. The van der Waals surface area contributed by atoms with E-state index in [1.807, 2.05) is 13.8 Å². The first-order chi connectivity index (χ1) is 16.7. The van der Waals surface area contributed by atoms with Gasteiger partial charge in [0.15, 0.2) is 0 Å². The number of benzene rings is 2. The van der Waals surface area contributed by atoms with Gasteiger partial charge in [0.2, 0.25) is 0 Å². The van der Waals surface area contributed by atoms with E-state index in [2.05, 4.69) is 17.0 Å². The van der Waals surface area contributed by atoms with Crippen LogP contribution in [0.15, 0.2) is 64.7 Å². The molecule has 0 saturated carbocycles. The number of nitrogens with zero attached hydrogens (tertiary/aromatic N) is 3. The van der Waals surface area contributed by atoms with Gasteiger partial charge in [-0.25, -0.2) is 9.07 Å². The molecular weight excluding hydrogens is 445 g/mol. The van der Waals surface area contributed by atoms with E-state index in [0.717, 1.165) is 5.56 Å². The molecule has 182 valence electrons. The summed E-state index contributed by atoms with van der Waals surface area (Å²) in [6.07, 6.45) is 1.56. The molecule has 0 atom stereocenters. The third-order valence-corrected chi connectivity index (χ3v) is 5.56. The average molecular weight is 476 g/mol. The Labute approximate surface area is 203 Å². The Bertz CT molecular complexity index is 1540. The number of nitrogens with two attached hydrogens (primary N) is 1. The maximum absolute atomic E-state index is 14.7. The zero-order chi connectivity index (χ0) is 25.9. The van der Waals surface area contributed by atoms with E-state index in [0.29, 0.717) is 22.5 Å². The number of aromatic nitrogens is 3. The lowest BCUT2D eigenvalue weighted by atomic mass is 10.0. The van der Waals surface area contributed by atoms with E-state index >= 15 is 0 Å². The van der Waals surface area contributed by atoms with Gasteiger partial charge in [-0.1, -0.05) is 38.1 Å². The number of fused-ring (bicyclic) bond motifs is 1. The minimum absolute atomic E-state index is 0.157. The summed E-state index contributed by atoms with van der Waals surface area (Å²) in [5, 5.41) is 7.75. The molecule has 0 radical (unpaired) electrons. The Morgan fingerprint density at radius 3 is 2.46 bits per heavy atom. The molecule has 0 amide bonds. The maximum atomic E-state index is 14.7. The standard InChI is InChI=1S/C25H24FN5O2.C2H6/c1-5-11-31-25(33)20-21(28-19-10-9-14(2)12-18(19)26)15(3)24(32)30(4)23(20)22(29-31)16-7-6-8-17(27)13-16;1-2/h5-10,12-13,28H,1,11,27H2,2-4H3;1-2H3. The van der Waals surface area contributed by atoms with Gasteiger partial charge in [0, 0.05) is 23.9 Å². The van der Waals surface area contributed by atoms with Gasteiger partial charge in [0.05, 0.1) is 28.8 Å². The van der Waals surface area contributed by atoms with Crippen molar-refractivity contribution in [2.45, 2.75) is 34.2 Å². The topological polar surface area (TPSA) is 94.9 Å². The van der Waals surface area contributed by atoms with Crippen molar-refractivity contribution in [2.75, 3.05) is 11.1 Å². The van der Waals surface area contributed by atoms with Crippen LogP contribution in [-0.4, -0.2) is 14.3 Å². The van der Waals surface area contributed by atoms with Crippen LogP contribution in [0.1, 0.15) is 25.0 Å². The van der Waals surface area contributed by atoms with Crippen molar-refractivity contribution >= 4 is 28.0 Å². The Balaban J connectivity index is 0.00000167. The van der Waals surface area contributed by atoms with Crippen molar-refractivity contribution < 1.29 is 4.39 Å². The van der Waals surface area contributed by atoms with Crippen molar-refractivity contribution in [2.24, 2.45) is 7.05 Å². The molecule has 0 aliphatic heterocycles. The fraction of sp³-hybridized carbons (Fsp3) is 0.222. The second-order valence-electron chi connectivity index (χ2n) is 7.95. The molecule has 0 aliphatic carbocycles. The first-order valence-electron chi connectivity index (χ1n) is 11.4. The first kappa shape index (κ1) is 25.4. The van der Waals surface area contributed by atoms with Crippen LogP contribution in [0.4, 0.5) is 21.5 Å². The van der Waals surface area contributed by atoms with E-state index in [1.165, 1.54) is 15.3 Å². The molecular formula is C27H30FN5O2. The Kier molecular flexibility index (Phi) is 7.54. The smallest absolute Gasteiger partial charge is 0.278 e. The van der Waals surface area contributed by atoms with Gasteiger partial charge < -0.3 is 15.6 Å². The molecule has 2 aromatic carbocycles. The summed E-state index contributed by atoms with van der Waals surface area (Å²) in [5.41, 5.74) is 8.58. The van der Waals surface area contributed by atoms with Gasteiger partial charge >= 0.3 is 0 Å². The summed E-state index contributed by atoms with van der Waals surface area (Å²) in [6.45, 7) is 11.3. The lowest BCUT2D eigenvalue weighted by Gasteiger charge is -2.19. The number of pyridine rings is 1. The van der Waals surface area contributed by atoms with E-state index in [-0.39, 0.29) is 34.4 Å². The number of halogens is 1. The van der Waals surface area contributed by atoms with Gasteiger partial charge in [0.1, 0.15) is 11.5 Å². The monoisotopic (exact) mass is 475 g/mol. The highest BCUT2D eigenvalue weighted by Gasteiger charge is 2.22. The first-order valence-corrected chi connectivity index (χ1v) is 11.4. The summed E-state index contributed by atoms with van der Waals surface area (Å²) >= 11 is 0. The molecule has 0 spiro atoms. The highest BCUT2D eigenvalue weighted by Crippen LogP contribution is 2.32. The molecule has 0 aliphatic rings. The van der Waals surface area contributed by atoms with Crippen LogP contribution < -0.4 is 22.2 Å². The maximum Gasteiger partial charge on any atom is 0.278 e. The number of allylic oxidation sites excluding steroid dienone is 1. The molecule has 0 bridgehead atoms. The molecule has 0 fully saturated rings. The van der Waals surface area contributed by atoms with Crippen molar-refractivity contribution in [1.82, 2.24) is 14.3 Å². The number of hydrogen-bond acceptors (Lipinski definition) is 5. The number of nitrogens with one attached hydrogen (secondary N) is 1. The van der Waals surface area contributed by atoms with Crippen molar-refractivity contribution in [1.29, 1.82) is 0 Å². The zero-order valence-electron chi connectivity index (χ0n) is 20.6. The summed E-state index contributed by atoms with van der Waals surface area (Å²) in [4.78, 5) is 26.7. The van der Waals surface area contributed by atoms with E-state index in [9.17, 15) is 14.0 Å². The lowest BCUT2D eigenvalue weighted by molar-refractivity contribution is 0.630. The van der Waals surface area contributed by atoms with Crippen LogP contribution in [0.3, 0.4) is 0 Å². The normalized spacial score (nSPS) is 10.6. The number of aryl methyl sites for hydroxylation is 2. The predicted octanol–water partition coefficient (Wildman–Crippen LogP) is 5.06. The largest absolute Gasteiger partial charge is 0.399 e. The van der Waals surface area contributed by atoms with Gasteiger partial charge in [-0.15, -0.1) is 6.58 Å². The minimum atomic E-state index is -0.486.